The molecule has 0 spiro atoms. The molecule has 0 atom stereocenters. The fraction of sp³-hybridized carbons (Fsp3) is 0.333. The molecule has 2 aromatic carbocycles. The molecule has 150 valence electrons. The number of piperidine rings is 1. The summed E-state index contributed by atoms with van der Waals surface area (Å²) in [7, 11) is 0. The molecule has 0 unspecified atom stereocenters. The van der Waals surface area contributed by atoms with Gasteiger partial charge in [-0.2, -0.15) is 0 Å². The Balaban J connectivity index is 1.36. The molecule has 0 radical (unpaired) electrons. The van der Waals surface area contributed by atoms with E-state index in [9.17, 15) is 4.79 Å². The van der Waals surface area contributed by atoms with E-state index in [4.69, 9.17) is 9.47 Å². The molecule has 5 nitrogen and oxygen atoms in total. The number of carbonyl (C=O) groups excluding carboxylic acids is 1. The van der Waals surface area contributed by atoms with Gasteiger partial charge >= 0.3 is 0 Å². The number of aromatic nitrogens is 1. The van der Waals surface area contributed by atoms with E-state index in [1.807, 2.05) is 73.3 Å². The largest absolute Gasteiger partial charge is 0.491 e. The molecule has 5 heteroatoms. The number of hydrogen-bond donors (Lipinski definition) is 0. The second-order valence-corrected chi connectivity index (χ2v) is 7.63. The van der Waals surface area contributed by atoms with E-state index in [-0.39, 0.29) is 18.1 Å². The topological polar surface area (TPSA) is 51.7 Å². The normalized spacial score (nSPS) is 14.9. The number of pyridine rings is 1. The van der Waals surface area contributed by atoms with Crippen molar-refractivity contribution in [2.75, 3.05) is 13.1 Å². The van der Waals surface area contributed by atoms with E-state index in [0.717, 1.165) is 35.2 Å². The van der Waals surface area contributed by atoms with Gasteiger partial charge in [0.2, 0.25) is 0 Å². The first-order valence-corrected chi connectivity index (χ1v) is 10.2. The van der Waals surface area contributed by atoms with Crippen molar-refractivity contribution in [1.82, 2.24) is 9.88 Å². The average molecular weight is 390 g/mol. The Bertz CT molecular complexity index is 972. The summed E-state index contributed by atoms with van der Waals surface area (Å²) >= 11 is 0. The highest BCUT2D eigenvalue weighted by Crippen LogP contribution is 2.27. The van der Waals surface area contributed by atoms with Crippen LogP contribution >= 0.6 is 0 Å². The van der Waals surface area contributed by atoms with Crippen LogP contribution in [0.4, 0.5) is 0 Å². The van der Waals surface area contributed by atoms with Gasteiger partial charge in [-0.05, 0) is 50.2 Å². The number of benzene rings is 2. The van der Waals surface area contributed by atoms with Crippen molar-refractivity contribution in [1.29, 1.82) is 0 Å². The van der Waals surface area contributed by atoms with Crippen LogP contribution in [0.15, 0.2) is 60.8 Å². The van der Waals surface area contributed by atoms with Crippen LogP contribution in [0, 0.1) is 0 Å². The standard InChI is InChI=1S/C24H26N2O3/c1-17(2)28-20-10-8-19(9-11-20)24(27)26-15-12-21(13-16-26)29-22-7-3-5-18-6-4-14-25-23(18)22/h3-11,14,17,21H,12-13,15-16H2,1-2H3. The van der Waals surface area contributed by atoms with Gasteiger partial charge in [0.25, 0.3) is 5.91 Å². The van der Waals surface area contributed by atoms with E-state index >= 15 is 0 Å². The monoisotopic (exact) mass is 390 g/mol. The maximum atomic E-state index is 12.8. The summed E-state index contributed by atoms with van der Waals surface area (Å²) in [6.45, 7) is 5.34. The first kappa shape index (κ1) is 19.2. The Labute approximate surface area is 171 Å². The molecule has 1 fully saturated rings. The smallest absolute Gasteiger partial charge is 0.253 e. The number of fused-ring (bicyclic) bond motifs is 1. The third kappa shape index (κ3) is 4.50. The van der Waals surface area contributed by atoms with Gasteiger partial charge in [0.05, 0.1) is 6.10 Å². The Morgan fingerprint density at radius 3 is 2.48 bits per heavy atom. The van der Waals surface area contributed by atoms with Crippen molar-refractivity contribution in [3.8, 4) is 11.5 Å². The summed E-state index contributed by atoms with van der Waals surface area (Å²) < 4.78 is 11.9. The lowest BCUT2D eigenvalue weighted by Gasteiger charge is -2.32. The molecule has 29 heavy (non-hydrogen) atoms. The number of carbonyl (C=O) groups is 1. The first-order chi connectivity index (χ1) is 14.1. The SMILES string of the molecule is CC(C)Oc1ccc(C(=O)N2CCC(Oc3cccc4cccnc34)CC2)cc1. The molecule has 1 aliphatic rings. The summed E-state index contributed by atoms with van der Waals surface area (Å²) in [5, 5.41) is 1.07. The Kier molecular flexibility index (Phi) is 5.65. The zero-order valence-corrected chi connectivity index (χ0v) is 16.9. The number of ether oxygens (including phenoxy) is 2. The van der Waals surface area contributed by atoms with Gasteiger partial charge in [0.1, 0.15) is 23.1 Å². The summed E-state index contributed by atoms with van der Waals surface area (Å²) in [5.41, 5.74) is 1.58. The molecular formula is C24H26N2O3. The van der Waals surface area contributed by atoms with Gasteiger partial charge < -0.3 is 14.4 Å². The van der Waals surface area contributed by atoms with Crippen LogP contribution in [-0.4, -0.2) is 41.1 Å². The van der Waals surface area contributed by atoms with Gasteiger partial charge in [-0.15, -0.1) is 0 Å². The lowest BCUT2D eigenvalue weighted by Crippen LogP contribution is -2.41. The van der Waals surface area contributed by atoms with E-state index in [2.05, 4.69) is 4.98 Å². The molecule has 1 aliphatic heterocycles. The van der Waals surface area contributed by atoms with Gasteiger partial charge in [0.15, 0.2) is 0 Å². The highest BCUT2D eigenvalue weighted by Gasteiger charge is 2.25. The molecule has 1 amide bonds. The molecule has 2 heterocycles. The van der Waals surface area contributed by atoms with Gasteiger partial charge in [-0.25, -0.2) is 0 Å². The summed E-state index contributed by atoms with van der Waals surface area (Å²) in [4.78, 5) is 19.2. The minimum absolute atomic E-state index is 0.0615. The zero-order chi connectivity index (χ0) is 20.2. The van der Waals surface area contributed by atoms with Gasteiger partial charge in [0, 0.05) is 43.1 Å². The maximum Gasteiger partial charge on any atom is 0.253 e. The van der Waals surface area contributed by atoms with Crippen LogP contribution in [0.25, 0.3) is 10.9 Å². The molecule has 0 saturated carbocycles. The number of rotatable bonds is 5. The molecule has 3 aromatic rings. The zero-order valence-electron chi connectivity index (χ0n) is 16.9. The Morgan fingerprint density at radius 1 is 1.03 bits per heavy atom. The summed E-state index contributed by atoms with van der Waals surface area (Å²) in [6.07, 6.45) is 3.61. The van der Waals surface area contributed by atoms with Crippen LogP contribution in [-0.2, 0) is 0 Å². The highest BCUT2D eigenvalue weighted by molar-refractivity contribution is 5.94. The van der Waals surface area contributed by atoms with Gasteiger partial charge in [-0.1, -0.05) is 18.2 Å². The second-order valence-electron chi connectivity index (χ2n) is 7.63. The van der Waals surface area contributed by atoms with E-state index in [1.165, 1.54) is 0 Å². The third-order valence-corrected chi connectivity index (χ3v) is 5.09. The van der Waals surface area contributed by atoms with Crippen molar-refractivity contribution < 1.29 is 14.3 Å². The maximum absolute atomic E-state index is 12.8. The third-order valence-electron chi connectivity index (χ3n) is 5.09. The van der Waals surface area contributed by atoms with Crippen molar-refractivity contribution in [3.63, 3.8) is 0 Å². The van der Waals surface area contributed by atoms with Crippen LogP contribution in [0.2, 0.25) is 0 Å². The van der Waals surface area contributed by atoms with Crippen LogP contribution < -0.4 is 9.47 Å². The van der Waals surface area contributed by atoms with Crippen molar-refractivity contribution >= 4 is 16.8 Å². The van der Waals surface area contributed by atoms with Crippen LogP contribution in [0.3, 0.4) is 0 Å². The number of nitrogens with zero attached hydrogens (tertiary/aromatic N) is 2. The summed E-state index contributed by atoms with van der Waals surface area (Å²) in [5.74, 6) is 1.66. The lowest BCUT2D eigenvalue weighted by atomic mass is 10.1. The highest BCUT2D eigenvalue weighted by atomic mass is 16.5. The van der Waals surface area contributed by atoms with Crippen LogP contribution in [0.1, 0.15) is 37.0 Å². The molecule has 1 saturated heterocycles. The fourth-order valence-corrected chi connectivity index (χ4v) is 3.66. The average Bonchev–Trinajstić information content (AvgIpc) is 2.74. The quantitative estimate of drug-likeness (QED) is 0.633. The fourth-order valence-electron chi connectivity index (χ4n) is 3.66. The van der Waals surface area contributed by atoms with Crippen molar-refractivity contribution in [3.05, 3.63) is 66.4 Å². The number of likely N-dealkylation sites (tertiary alicyclic amines) is 1. The predicted molar refractivity (Wildman–Crippen MR) is 114 cm³/mol. The van der Waals surface area contributed by atoms with Crippen LogP contribution in [0.5, 0.6) is 11.5 Å². The van der Waals surface area contributed by atoms with E-state index < -0.39 is 0 Å². The predicted octanol–water partition coefficient (Wildman–Crippen LogP) is 4.71. The molecule has 0 bridgehead atoms. The molecular weight excluding hydrogens is 364 g/mol. The second kappa shape index (κ2) is 8.52. The van der Waals surface area contributed by atoms with E-state index in [0.29, 0.717) is 18.7 Å². The summed E-state index contributed by atoms with van der Waals surface area (Å²) in [6, 6.07) is 17.3. The lowest BCUT2D eigenvalue weighted by molar-refractivity contribution is 0.0597. The van der Waals surface area contributed by atoms with Crippen molar-refractivity contribution in [2.24, 2.45) is 0 Å². The Hall–Kier alpha value is -3.08. The number of para-hydroxylation sites is 1. The van der Waals surface area contributed by atoms with Crippen molar-refractivity contribution in [2.45, 2.75) is 38.9 Å². The number of hydrogen-bond acceptors (Lipinski definition) is 4. The minimum atomic E-state index is 0.0615. The number of amides is 1. The molecule has 4 rings (SSSR count). The van der Waals surface area contributed by atoms with Gasteiger partial charge in [-0.3, -0.25) is 9.78 Å². The van der Waals surface area contributed by atoms with E-state index in [1.54, 1.807) is 6.20 Å². The molecule has 0 N–H and O–H groups in total. The molecule has 0 aliphatic carbocycles. The Morgan fingerprint density at radius 2 is 1.76 bits per heavy atom. The molecule has 1 aromatic heterocycles. The minimum Gasteiger partial charge on any atom is -0.491 e. The first-order valence-electron chi connectivity index (χ1n) is 10.2.